The summed E-state index contributed by atoms with van der Waals surface area (Å²) in [6.07, 6.45) is 3.86. The Labute approximate surface area is 207 Å². The standard InChI is InChI=1S/C30H27ClN2Si/c1-20-13-25(16-27(31)14-20)22-5-6-23-15-26(19-33-30(23)17-22)24-9-12-29(32-18-24)21-7-10-28(11-8-21)34(2,3)4/h5-19H,1-4H3. The number of halogens is 1. The fourth-order valence-electron chi connectivity index (χ4n) is 4.24. The average molecular weight is 479 g/mol. The largest absolute Gasteiger partial charge is 0.256 e. The van der Waals surface area contributed by atoms with Crippen molar-refractivity contribution in [3.05, 3.63) is 102 Å². The SMILES string of the molecule is Cc1cc(Cl)cc(-c2ccc3cc(-c4ccc(-c5ccc([Si](C)(C)C)cc5)nc4)cnc3c2)c1. The van der Waals surface area contributed by atoms with Gasteiger partial charge in [-0.1, -0.05) is 85.0 Å². The van der Waals surface area contributed by atoms with E-state index in [0.717, 1.165) is 55.0 Å². The first-order chi connectivity index (χ1) is 16.3. The highest BCUT2D eigenvalue weighted by Gasteiger charge is 2.16. The van der Waals surface area contributed by atoms with Crippen molar-refractivity contribution in [2.45, 2.75) is 26.6 Å². The highest BCUT2D eigenvalue weighted by atomic mass is 35.5. The van der Waals surface area contributed by atoms with Crippen LogP contribution in [-0.4, -0.2) is 18.0 Å². The van der Waals surface area contributed by atoms with Crippen molar-refractivity contribution in [3.8, 4) is 33.5 Å². The molecule has 2 nitrogen and oxygen atoms in total. The molecule has 5 rings (SSSR count). The van der Waals surface area contributed by atoms with Crippen molar-refractivity contribution >= 4 is 35.8 Å². The minimum atomic E-state index is -1.29. The van der Waals surface area contributed by atoms with Crippen LogP contribution < -0.4 is 5.19 Å². The average Bonchev–Trinajstić information content (AvgIpc) is 2.82. The molecule has 0 atom stereocenters. The van der Waals surface area contributed by atoms with Crippen molar-refractivity contribution < 1.29 is 0 Å². The topological polar surface area (TPSA) is 25.8 Å². The fourth-order valence-corrected chi connectivity index (χ4v) is 5.69. The van der Waals surface area contributed by atoms with Gasteiger partial charge in [0.2, 0.25) is 0 Å². The van der Waals surface area contributed by atoms with Crippen LogP contribution in [0.5, 0.6) is 0 Å². The molecule has 0 N–H and O–H groups in total. The Bertz CT molecular complexity index is 1460. The number of rotatable bonds is 4. The lowest BCUT2D eigenvalue weighted by Crippen LogP contribution is -2.37. The quantitative estimate of drug-likeness (QED) is 0.243. The molecule has 168 valence electrons. The maximum absolute atomic E-state index is 6.26. The van der Waals surface area contributed by atoms with Gasteiger partial charge in [-0.3, -0.25) is 9.97 Å². The molecule has 2 aromatic heterocycles. The highest BCUT2D eigenvalue weighted by Crippen LogP contribution is 2.29. The normalized spacial score (nSPS) is 11.7. The Morgan fingerprint density at radius 3 is 2.00 bits per heavy atom. The Morgan fingerprint density at radius 1 is 0.618 bits per heavy atom. The van der Waals surface area contributed by atoms with E-state index in [0.29, 0.717) is 0 Å². The molecule has 0 amide bonds. The van der Waals surface area contributed by atoms with Crippen LogP contribution in [0.1, 0.15) is 5.56 Å². The molecule has 2 heterocycles. The van der Waals surface area contributed by atoms with Gasteiger partial charge < -0.3 is 0 Å². The maximum atomic E-state index is 6.26. The van der Waals surface area contributed by atoms with Gasteiger partial charge in [0.1, 0.15) is 0 Å². The summed E-state index contributed by atoms with van der Waals surface area (Å²) in [5.74, 6) is 0. The van der Waals surface area contributed by atoms with E-state index in [9.17, 15) is 0 Å². The molecule has 0 saturated heterocycles. The van der Waals surface area contributed by atoms with Gasteiger partial charge in [-0.05, 0) is 53.9 Å². The smallest absolute Gasteiger partial charge is 0.0775 e. The summed E-state index contributed by atoms with van der Waals surface area (Å²) in [4.78, 5) is 9.48. The van der Waals surface area contributed by atoms with Gasteiger partial charge in [-0.15, -0.1) is 0 Å². The number of benzene rings is 3. The minimum Gasteiger partial charge on any atom is -0.256 e. The van der Waals surface area contributed by atoms with Gasteiger partial charge >= 0.3 is 0 Å². The molecule has 0 bridgehead atoms. The molecule has 0 saturated carbocycles. The molecule has 0 aliphatic carbocycles. The third-order valence-electron chi connectivity index (χ3n) is 6.20. The van der Waals surface area contributed by atoms with Gasteiger partial charge in [0.05, 0.1) is 19.3 Å². The van der Waals surface area contributed by atoms with Gasteiger partial charge in [-0.2, -0.15) is 0 Å². The van der Waals surface area contributed by atoms with Crippen LogP contribution in [-0.2, 0) is 0 Å². The summed E-state index contributed by atoms with van der Waals surface area (Å²) in [5.41, 5.74) is 8.59. The van der Waals surface area contributed by atoms with Crippen LogP contribution in [0.25, 0.3) is 44.4 Å². The minimum absolute atomic E-state index is 0.751. The lowest BCUT2D eigenvalue weighted by Gasteiger charge is -2.16. The van der Waals surface area contributed by atoms with Crippen molar-refractivity contribution in [3.63, 3.8) is 0 Å². The third-order valence-corrected chi connectivity index (χ3v) is 8.49. The van der Waals surface area contributed by atoms with Gasteiger partial charge in [-0.25, -0.2) is 0 Å². The molecule has 0 radical (unpaired) electrons. The van der Waals surface area contributed by atoms with E-state index in [1.165, 1.54) is 5.19 Å². The molecule has 5 aromatic rings. The summed E-state index contributed by atoms with van der Waals surface area (Å²) in [5, 5.41) is 3.32. The van der Waals surface area contributed by atoms with Gasteiger partial charge in [0.25, 0.3) is 0 Å². The second kappa shape index (κ2) is 8.82. The van der Waals surface area contributed by atoms with E-state index >= 15 is 0 Å². The molecular formula is C30H27ClN2Si. The molecule has 0 spiro atoms. The van der Waals surface area contributed by atoms with E-state index in [1.807, 2.05) is 24.5 Å². The van der Waals surface area contributed by atoms with Gasteiger partial charge in [0.15, 0.2) is 0 Å². The second-order valence-electron chi connectivity index (χ2n) is 9.91. The second-order valence-corrected chi connectivity index (χ2v) is 15.4. The maximum Gasteiger partial charge on any atom is 0.0775 e. The number of hydrogen-bond acceptors (Lipinski definition) is 2. The number of pyridine rings is 2. The van der Waals surface area contributed by atoms with Crippen molar-refractivity contribution in [1.29, 1.82) is 0 Å². The molecule has 0 aliphatic heterocycles. The lowest BCUT2D eigenvalue weighted by atomic mass is 10.0. The monoisotopic (exact) mass is 478 g/mol. The van der Waals surface area contributed by atoms with Crippen LogP contribution >= 0.6 is 11.6 Å². The molecule has 0 fully saturated rings. The zero-order valence-electron chi connectivity index (χ0n) is 19.9. The number of nitrogens with zero attached hydrogens (tertiary/aromatic N) is 2. The van der Waals surface area contributed by atoms with Crippen LogP contribution in [0.4, 0.5) is 0 Å². The summed E-state index contributed by atoms with van der Waals surface area (Å²) in [6, 6.07) is 27.8. The number of fused-ring (bicyclic) bond motifs is 1. The Kier molecular flexibility index (Phi) is 5.84. The van der Waals surface area contributed by atoms with Crippen LogP contribution in [0.3, 0.4) is 0 Å². The van der Waals surface area contributed by atoms with E-state index in [1.54, 1.807) is 0 Å². The first-order valence-corrected chi connectivity index (χ1v) is 15.4. The van der Waals surface area contributed by atoms with E-state index in [-0.39, 0.29) is 0 Å². The van der Waals surface area contributed by atoms with Crippen LogP contribution in [0, 0.1) is 6.92 Å². The predicted molar refractivity (Wildman–Crippen MR) is 149 cm³/mol. The van der Waals surface area contributed by atoms with Gasteiger partial charge in [0, 0.05) is 39.5 Å². The molecule has 34 heavy (non-hydrogen) atoms. The van der Waals surface area contributed by atoms with E-state index < -0.39 is 8.07 Å². The fraction of sp³-hybridized carbons (Fsp3) is 0.133. The van der Waals surface area contributed by atoms with E-state index in [2.05, 4.69) is 93.3 Å². The summed E-state index contributed by atoms with van der Waals surface area (Å²) in [6.45, 7) is 9.16. The van der Waals surface area contributed by atoms with Crippen LogP contribution in [0.15, 0.2) is 91.3 Å². The summed E-state index contributed by atoms with van der Waals surface area (Å²) >= 11 is 6.26. The summed E-state index contributed by atoms with van der Waals surface area (Å²) < 4.78 is 0. The molecule has 4 heteroatoms. The number of hydrogen-bond donors (Lipinski definition) is 0. The Balaban J connectivity index is 1.42. The molecule has 0 unspecified atom stereocenters. The first kappa shape index (κ1) is 22.5. The predicted octanol–water partition coefficient (Wildman–Crippen LogP) is 8.14. The molecule has 0 aliphatic rings. The number of aryl methyl sites for hydroxylation is 1. The van der Waals surface area contributed by atoms with Crippen molar-refractivity contribution in [1.82, 2.24) is 9.97 Å². The zero-order valence-corrected chi connectivity index (χ0v) is 21.7. The Hall–Kier alpha value is -3.27. The number of aromatic nitrogens is 2. The molecule has 3 aromatic carbocycles. The first-order valence-electron chi connectivity index (χ1n) is 11.5. The Morgan fingerprint density at radius 2 is 1.32 bits per heavy atom. The van der Waals surface area contributed by atoms with Crippen molar-refractivity contribution in [2.75, 3.05) is 0 Å². The molecular weight excluding hydrogens is 452 g/mol. The van der Waals surface area contributed by atoms with Crippen molar-refractivity contribution in [2.24, 2.45) is 0 Å². The third kappa shape index (κ3) is 4.68. The zero-order chi connectivity index (χ0) is 23.9. The van der Waals surface area contributed by atoms with E-state index in [4.69, 9.17) is 21.6 Å². The van der Waals surface area contributed by atoms with Crippen LogP contribution in [0.2, 0.25) is 24.7 Å². The highest BCUT2D eigenvalue weighted by molar-refractivity contribution is 6.88. The lowest BCUT2D eigenvalue weighted by molar-refractivity contribution is 1.32. The summed E-state index contributed by atoms with van der Waals surface area (Å²) in [7, 11) is -1.29.